The number of allylic oxidation sites excluding steroid dienone is 1. The van der Waals surface area contributed by atoms with E-state index in [2.05, 4.69) is 21.3 Å². The number of nitrogens with one attached hydrogen (secondary N) is 1. The maximum Gasteiger partial charge on any atom is 0.179 e. The summed E-state index contributed by atoms with van der Waals surface area (Å²) >= 11 is 0. The SMILES string of the molecule is CC(C)(C)C(O)/C(=C/C1CCCCC1)c1nc[nH]n1. The molecule has 0 amide bonds. The molecule has 0 aliphatic heterocycles. The summed E-state index contributed by atoms with van der Waals surface area (Å²) in [6, 6.07) is 0. The van der Waals surface area contributed by atoms with Gasteiger partial charge in [-0.05, 0) is 24.2 Å². The van der Waals surface area contributed by atoms with Crippen LogP contribution in [0.3, 0.4) is 0 Å². The van der Waals surface area contributed by atoms with E-state index in [0.29, 0.717) is 11.7 Å². The van der Waals surface area contributed by atoms with E-state index in [4.69, 9.17) is 0 Å². The monoisotopic (exact) mass is 263 g/mol. The van der Waals surface area contributed by atoms with Gasteiger partial charge in [-0.25, -0.2) is 4.98 Å². The molecule has 4 heteroatoms. The standard InChI is InChI=1S/C15H25N3O/c1-15(2,3)13(19)12(14-16-10-17-18-14)9-11-7-5-4-6-8-11/h9-11,13,19H,4-8H2,1-3H3,(H,16,17,18)/b12-9-. The largest absolute Gasteiger partial charge is 0.388 e. The molecule has 1 saturated carbocycles. The molecule has 1 aliphatic carbocycles. The third-order valence-corrected chi connectivity index (χ3v) is 3.85. The van der Waals surface area contributed by atoms with Crippen LogP contribution in [0, 0.1) is 11.3 Å². The lowest BCUT2D eigenvalue weighted by Crippen LogP contribution is -2.28. The van der Waals surface area contributed by atoms with Gasteiger partial charge in [0.2, 0.25) is 0 Å². The summed E-state index contributed by atoms with van der Waals surface area (Å²) < 4.78 is 0. The number of aromatic nitrogens is 3. The quantitative estimate of drug-likeness (QED) is 0.880. The Morgan fingerprint density at radius 1 is 1.37 bits per heavy atom. The zero-order valence-electron chi connectivity index (χ0n) is 12.2. The Bertz CT molecular complexity index is 411. The molecule has 1 heterocycles. The van der Waals surface area contributed by atoms with Crippen molar-refractivity contribution < 1.29 is 5.11 Å². The lowest BCUT2D eigenvalue weighted by molar-refractivity contribution is 0.113. The number of aliphatic hydroxyl groups is 1. The lowest BCUT2D eigenvalue weighted by Gasteiger charge is -2.28. The number of rotatable bonds is 3. The van der Waals surface area contributed by atoms with Gasteiger partial charge in [0.15, 0.2) is 5.82 Å². The average Bonchev–Trinajstić information content (AvgIpc) is 2.89. The van der Waals surface area contributed by atoms with Gasteiger partial charge in [-0.2, -0.15) is 5.10 Å². The van der Waals surface area contributed by atoms with Gasteiger partial charge < -0.3 is 5.11 Å². The zero-order chi connectivity index (χ0) is 13.9. The Balaban J connectivity index is 2.26. The van der Waals surface area contributed by atoms with Crippen LogP contribution >= 0.6 is 0 Å². The van der Waals surface area contributed by atoms with E-state index >= 15 is 0 Å². The summed E-state index contributed by atoms with van der Waals surface area (Å²) in [7, 11) is 0. The maximum atomic E-state index is 10.6. The minimum atomic E-state index is -0.537. The fourth-order valence-electron chi connectivity index (χ4n) is 2.66. The lowest BCUT2D eigenvalue weighted by atomic mass is 9.81. The zero-order valence-corrected chi connectivity index (χ0v) is 12.2. The molecule has 1 aromatic heterocycles. The molecule has 0 aromatic carbocycles. The number of H-pyrrole nitrogens is 1. The van der Waals surface area contributed by atoms with Gasteiger partial charge in [0.1, 0.15) is 6.33 Å². The number of hydrogen-bond acceptors (Lipinski definition) is 3. The molecule has 0 radical (unpaired) electrons. The highest BCUT2D eigenvalue weighted by Gasteiger charge is 2.29. The third-order valence-electron chi connectivity index (χ3n) is 3.85. The Kier molecular flexibility index (Phi) is 4.40. The highest BCUT2D eigenvalue weighted by atomic mass is 16.3. The molecular formula is C15H25N3O. The van der Waals surface area contributed by atoms with Crippen LogP contribution in [0.1, 0.15) is 58.7 Å². The summed E-state index contributed by atoms with van der Waals surface area (Å²) in [5.41, 5.74) is 0.668. The van der Waals surface area contributed by atoms with E-state index < -0.39 is 6.10 Å². The van der Waals surface area contributed by atoms with Gasteiger partial charge in [-0.1, -0.05) is 46.1 Å². The fourth-order valence-corrected chi connectivity index (χ4v) is 2.66. The summed E-state index contributed by atoms with van der Waals surface area (Å²) in [5, 5.41) is 17.5. The molecule has 106 valence electrons. The van der Waals surface area contributed by atoms with Gasteiger partial charge in [0, 0.05) is 5.57 Å². The molecule has 0 bridgehead atoms. The van der Waals surface area contributed by atoms with Gasteiger partial charge in [0.05, 0.1) is 6.10 Å². The molecule has 1 fully saturated rings. The maximum absolute atomic E-state index is 10.6. The first-order chi connectivity index (χ1) is 8.98. The first kappa shape index (κ1) is 14.3. The molecule has 0 spiro atoms. The smallest absolute Gasteiger partial charge is 0.179 e. The molecule has 4 nitrogen and oxygen atoms in total. The van der Waals surface area contributed by atoms with Crippen molar-refractivity contribution in [1.82, 2.24) is 15.2 Å². The second-order valence-corrected chi connectivity index (χ2v) is 6.61. The molecule has 1 atom stereocenters. The number of hydrogen-bond donors (Lipinski definition) is 2. The molecule has 19 heavy (non-hydrogen) atoms. The van der Waals surface area contributed by atoms with Crippen LogP contribution in [0.15, 0.2) is 12.4 Å². The topological polar surface area (TPSA) is 61.8 Å². The van der Waals surface area contributed by atoms with Crippen molar-refractivity contribution in [3.63, 3.8) is 0 Å². The van der Waals surface area contributed by atoms with E-state index in [-0.39, 0.29) is 5.41 Å². The Morgan fingerprint density at radius 3 is 2.58 bits per heavy atom. The van der Waals surface area contributed by atoms with E-state index in [1.165, 1.54) is 32.1 Å². The third kappa shape index (κ3) is 3.66. The van der Waals surface area contributed by atoms with Crippen molar-refractivity contribution in [3.8, 4) is 0 Å². The van der Waals surface area contributed by atoms with Gasteiger partial charge in [0.25, 0.3) is 0 Å². The first-order valence-electron chi connectivity index (χ1n) is 7.24. The van der Waals surface area contributed by atoms with E-state index in [0.717, 1.165) is 5.57 Å². The van der Waals surface area contributed by atoms with Crippen molar-refractivity contribution in [3.05, 3.63) is 18.2 Å². The molecule has 1 aliphatic rings. The molecule has 2 N–H and O–H groups in total. The van der Waals surface area contributed by atoms with Crippen LogP contribution in [0.4, 0.5) is 0 Å². The minimum absolute atomic E-state index is 0.207. The highest BCUT2D eigenvalue weighted by molar-refractivity contribution is 5.64. The Hall–Kier alpha value is -1.16. The fraction of sp³-hybridized carbons (Fsp3) is 0.733. The number of aromatic amines is 1. The van der Waals surface area contributed by atoms with Gasteiger partial charge in [-0.15, -0.1) is 0 Å². The van der Waals surface area contributed by atoms with Crippen molar-refractivity contribution in [2.45, 2.75) is 59.0 Å². The Morgan fingerprint density at radius 2 is 2.05 bits per heavy atom. The van der Waals surface area contributed by atoms with Crippen LogP contribution in [-0.2, 0) is 0 Å². The minimum Gasteiger partial charge on any atom is -0.388 e. The summed E-state index contributed by atoms with van der Waals surface area (Å²) in [6.45, 7) is 6.12. The summed E-state index contributed by atoms with van der Waals surface area (Å²) in [6.07, 6.45) is 9.57. The van der Waals surface area contributed by atoms with Crippen LogP contribution in [0.5, 0.6) is 0 Å². The normalized spacial score (nSPS) is 20.5. The number of aliphatic hydroxyl groups excluding tert-OH is 1. The van der Waals surface area contributed by atoms with Gasteiger partial charge >= 0.3 is 0 Å². The van der Waals surface area contributed by atoms with Gasteiger partial charge in [-0.3, -0.25) is 5.10 Å². The molecular weight excluding hydrogens is 238 g/mol. The highest BCUT2D eigenvalue weighted by Crippen LogP contribution is 2.33. The summed E-state index contributed by atoms with van der Waals surface area (Å²) in [4.78, 5) is 4.22. The second kappa shape index (κ2) is 5.87. The van der Waals surface area contributed by atoms with Crippen molar-refractivity contribution in [1.29, 1.82) is 0 Å². The molecule has 1 aromatic rings. The Labute approximate surface area is 115 Å². The van der Waals surface area contributed by atoms with E-state index in [1.54, 1.807) is 6.33 Å². The van der Waals surface area contributed by atoms with Crippen LogP contribution < -0.4 is 0 Å². The second-order valence-electron chi connectivity index (χ2n) is 6.61. The predicted octanol–water partition coefficient (Wildman–Crippen LogP) is 3.18. The van der Waals surface area contributed by atoms with Crippen molar-refractivity contribution >= 4 is 5.57 Å². The van der Waals surface area contributed by atoms with Crippen molar-refractivity contribution in [2.75, 3.05) is 0 Å². The van der Waals surface area contributed by atoms with E-state index in [1.807, 2.05) is 20.8 Å². The first-order valence-corrected chi connectivity index (χ1v) is 7.24. The van der Waals surface area contributed by atoms with Crippen molar-refractivity contribution in [2.24, 2.45) is 11.3 Å². The summed E-state index contributed by atoms with van der Waals surface area (Å²) in [5.74, 6) is 1.19. The van der Waals surface area contributed by atoms with E-state index in [9.17, 15) is 5.11 Å². The average molecular weight is 263 g/mol. The molecule has 1 unspecified atom stereocenters. The predicted molar refractivity (Wildman–Crippen MR) is 76.4 cm³/mol. The van der Waals surface area contributed by atoms with Crippen LogP contribution in [0.2, 0.25) is 0 Å². The van der Waals surface area contributed by atoms with Crippen LogP contribution in [0.25, 0.3) is 5.57 Å². The van der Waals surface area contributed by atoms with Crippen LogP contribution in [-0.4, -0.2) is 26.4 Å². The molecule has 0 saturated heterocycles. The number of nitrogens with zero attached hydrogens (tertiary/aromatic N) is 2. The molecule has 2 rings (SSSR count).